The third-order valence-corrected chi connectivity index (χ3v) is 1.52. The van der Waals surface area contributed by atoms with E-state index in [1.807, 2.05) is 0 Å². The van der Waals surface area contributed by atoms with E-state index in [1.54, 1.807) is 10.9 Å². The average molecular weight is 189 g/mol. The van der Waals surface area contributed by atoms with Crippen LogP contribution in [0, 0.1) is 0 Å². The van der Waals surface area contributed by atoms with Crippen LogP contribution < -0.4 is 5.73 Å². The minimum Gasteiger partial charge on any atom is -0.409 e. The lowest BCUT2D eigenvalue weighted by Gasteiger charge is -1.98. The number of nitrogens with two attached hydrogens (primary N) is 1. The maximum absolute atomic E-state index is 8.23. The van der Waals surface area contributed by atoms with Gasteiger partial charge in [-0.3, -0.25) is 4.68 Å². The number of aryl methyl sites for hydroxylation is 1. The quantitative estimate of drug-likeness (QED) is 0.317. The fourth-order valence-corrected chi connectivity index (χ4v) is 0.896. The molecule has 12 heavy (non-hydrogen) atoms. The van der Waals surface area contributed by atoms with Gasteiger partial charge in [0.05, 0.1) is 11.2 Å². The van der Waals surface area contributed by atoms with Crippen molar-refractivity contribution in [3.8, 4) is 0 Å². The molecule has 0 spiro atoms. The van der Waals surface area contributed by atoms with Crippen LogP contribution >= 0.6 is 11.6 Å². The molecular weight excluding hydrogens is 180 g/mol. The van der Waals surface area contributed by atoms with Gasteiger partial charge in [-0.15, -0.1) is 0 Å². The third-order valence-electron chi connectivity index (χ3n) is 1.33. The second-order valence-corrected chi connectivity index (χ2v) is 2.70. The number of hydrogen-bond donors (Lipinski definition) is 2. The Hall–Kier alpha value is -1.23. The van der Waals surface area contributed by atoms with Gasteiger partial charge in [0.1, 0.15) is 5.84 Å². The van der Waals surface area contributed by atoms with Crippen molar-refractivity contribution < 1.29 is 5.21 Å². The number of rotatable bonds is 3. The smallest absolute Gasteiger partial charge is 0.140 e. The number of aromatic nitrogens is 2. The molecule has 5 nitrogen and oxygen atoms in total. The molecule has 1 aromatic rings. The maximum Gasteiger partial charge on any atom is 0.140 e. The third kappa shape index (κ3) is 2.43. The Morgan fingerprint density at radius 2 is 2.58 bits per heavy atom. The number of nitrogens with zero attached hydrogens (tertiary/aromatic N) is 3. The van der Waals surface area contributed by atoms with Crippen LogP contribution in [0.4, 0.5) is 0 Å². The van der Waals surface area contributed by atoms with E-state index in [1.165, 1.54) is 6.20 Å². The lowest BCUT2D eigenvalue weighted by atomic mass is 10.4. The zero-order chi connectivity index (χ0) is 8.97. The molecule has 0 aliphatic carbocycles. The highest BCUT2D eigenvalue weighted by Crippen LogP contribution is 2.04. The van der Waals surface area contributed by atoms with E-state index in [0.717, 1.165) is 0 Å². The standard InChI is InChI=1S/C6H9ClN4O/c7-5-3-9-11(4-5)2-1-6(8)10-12/h3-4,12H,1-2H2,(H2,8,10). The molecule has 0 aliphatic rings. The highest BCUT2D eigenvalue weighted by Gasteiger charge is 1.97. The fraction of sp³-hybridized carbons (Fsp3) is 0.333. The largest absolute Gasteiger partial charge is 0.409 e. The van der Waals surface area contributed by atoms with E-state index in [4.69, 9.17) is 22.5 Å². The second-order valence-electron chi connectivity index (χ2n) is 2.26. The molecule has 0 bridgehead atoms. The Morgan fingerprint density at radius 1 is 1.83 bits per heavy atom. The van der Waals surface area contributed by atoms with Crippen LogP contribution in [0.5, 0.6) is 0 Å². The maximum atomic E-state index is 8.23. The summed E-state index contributed by atoms with van der Waals surface area (Å²) in [7, 11) is 0. The number of amidine groups is 1. The molecule has 66 valence electrons. The van der Waals surface area contributed by atoms with Gasteiger partial charge in [0.2, 0.25) is 0 Å². The summed E-state index contributed by atoms with van der Waals surface area (Å²) in [5.74, 6) is 0.182. The van der Waals surface area contributed by atoms with E-state index in [0.29, 0.717) is 18.0 Å². The van der Waals surface area contributed by atoms with E-state index in [-0.39, 0.29) is 5.84 Å². The molecule has 0 amide bonds. The van der Waals surface area contributed by atoms with Gasteiger partial charge in [-0.1, -0.05) is 16.8 Å². The molecule has 1 heterocycles. The molecule has 0 fully saturated rings. The molecule has 6 heteroatoms. The van der Waals surface area contributed by atoms with E-state index in [2.05, 4.69) is 10.3 Å². The van der Waals surface area contributed by atoms with E-state index in [9.17, 15) is 0 Å². The van der Waals surface area contributed by atoms with Crippen molar-refractivity contribution in [3.63, 3.8) is 0 Å². The minimum absolute atomic E-state index is 0.182. The molecule has 0 saturated heterocycles. The van der Waals surface area contributed by atoms with Crippen LogP contribution in [-0.2, 0) is 6.54 Å². The second kappa shape index (κ2) is 3.96. The zero-order valence-electron chi connectivity index (χ0n) is 6.31. The van der Waals surface area contributed by atoms with Gasteiger partial charge in [0.15, 0.2) is 0 Å². The molecule has 0 atom stereocenters. The highest BCUT2D eigenvalue weighted by atomic mass is 35.5. The zero-order valence-corrected chi connectivity index (χ0v) is 7.07. The lowest BCUT2D eigenvalue weighted by molar-refractivity contribution is 0.316. The van der Waals surface area contributed by atoms with Crippen molar-refractivity contribution in [2.75, 3.05) is 0 Å². The molecule has 1 aromatic heterocycles. The number of halogens is 1. The summed E-state index contributed by atoms with van der Waals surface area (Å²) in [5.41, 5.74) is 5.25. The van der Waals surface area contributed by atoms with Gasteiger partial charge >= 0.3 is 0 Å². The van der Waals surface area contributed by atoms with Crippen LogP contribution in [-0.4, -0.2) is 20.8 Å². The van der Waals surface area contributed by atoms with E-state index < -0.39 is 0 Å². The Kier molecular flexibility index (Phi) is 2.93. The fourth-order valence-electron chi connectivity index (χ4n) is 0.740. The summed E-state index contributed by atoms with van der Waals surface area (Å²) in [6, 6.07) is 0. The van der Waals surface area contributed by atoms with Crippen LogP contribution in [0.25, 0.3) is 0 Å². The SMILES string of the molecule is N/C(CCn1cc(Cl)cn1)=N\O. The molecule has 0 aliphatic heterocycles. The normalized spacial score (nSPS) is 11.9. The predicted octanol–water partition coefficient (Wildman–Crippen LogP) is 0.673. The van der Waals surface area contributed by atoms with Crippen LogP contribution in [0.1, 0.15) is 6.42 Å². The van der Waals surface area contributed by atoms with Crippen molar-refractivity contribution in [2.45, 2.75) is 13.0 Å². The first-order chi connectivity index (χ1) is 5.72. The highest BCUT2D eigenvalue weighted by molar-refractivity contribution is 6.30. The number of oxime groups is 1. The van der Waals surface area contributed by atoms with Gasteiger partial charge in [-0.05, 0) is 0 Å². The first-order valence-electron chi connectivity index (χ1n) is 3.36. The summed E-state index contributed by atoms with van der Waals surface area (Å²) in [6.45, 7) is 0.558. The van der Waals surface area contributed by atoms with Crippen molar-refractivity contribution in [3.05, 3.63) is 17.4 Å². The summed E-state index contributed by atoms with van der Waals surface area (Å²) >= 11 is 5.62. The summed E-state index contributed by atoms with van der Waals surface area (Å²) in [4.78, 5) is 0. The number of hydrogen-bond acceptors (Lipinski definition) is 3. The molecule has 0 aromatic carbocycles. The first-order valence-corrected chi connectivity index (χ1v) is 3.74. The first kappa shape index (κ1) is 8.86. The van der Waals surface area contributed by atoms with Crippen molar-refractivity contribution in [2.24, 2.45) is 10.9 Å². The van der Waals surface area contributed by atoms with Gasteiger partial charge < -0.3 is 10.9 Å². The van der Waals surface area contributed by atoms with Gasteiger partial charge in [0.25, 0.3) is 0 Å². The van der Waals surface area contributed by atoms with Crippen molar-refractivity contribution >= 4 is 17.4 Å². The van der Waals surface area contributed by atoms with Crippen molar-refractivity contribution in [1.29, 1.82) is 0 Å². The average Bonchev–Trinajstić information content (AvgIpc) is 2.47. The monoisotopic (exact) mass is 188 g/mol. The molecular formula is C6H9ClN4O. The van der Waals surface area contributed by atoms with Crippen LogP contribution in [0.15, 0.2) is 17.5 Å². The van der Waals surface area contributed by atoms with Gasteiger partial charge in [0, 0.05) is 19.2 Å². The van der Waals surface area contributed by atoms with Gasteiger partial charge in [-0.2, -0.15) is 5.10 Å². The van der Waals surface area contributed by atoms with Crippen LogP contribution in [0.2, 0.25) is 5.02 Å². The molecule has 0 saturated carbocycles. The molecule has 0 radical (unpaired) electrons. The summed E-state index contributed by atoms with van der Waals surface area (Å²) in [6.07, 6.45) is 3.66. The molecule has 0 unspecified atom stereocenters. The Morgan fingerprint density at radius 3 is 3.08 bits per heavy atom. The lowest BCUT2D eigenvalue weighted by Crippen LogP contribution is -2.14. The van der Waals surface area contributed by atoms with Crippen LogP contribution in [0.3, 0.4) is 0 Å². The summed E-state index contributed by atoms with van der Waals surface area (Å²) in [5, 5.41) is 15.5. The minimum atomic E-state index is 0.182. The molecule has 1 rings (SSSR count). The topological polar surface area (TPSA) is 76.4 Å². The predicted molar refractivity (Wildman–Crippen MR) is 45.3 cm³/mol. The van der Waals surface area contributed by atoms with Gasteiger partial charge in [-0.25, -0.2) is 0 Å². The molecule has 3 N–H and O–H groups in total. The Labute approximate surface area is 74.4 Å². The Bertz CT molecular complexity index is 283. The van der Waals surface area contributed by atoms with E-state index >= 15 is 0 Å². The Balaban J connectivity index is 2.43. The van der Waals surface area contributed by atoms with Crippen molar-refractivity contribution in [1.82, 2.24) is 9.78 Å². The summed E-state index contributed by atoms with van der Waals surface area (Å²) < 4.78 is 1.63.